The quantitative estimate of drug-likeness (QED) is 0.760. The predicted octanol–water partition coefficient (Wildman–Crippen LogP) is 3.48. The molecule has 0 atom stereocenters. The number of rotatable bonds is 7. The van der Waals surface area contributed by atoms with Crippen LogP contribution in [-0.4, -0.2) is 20.9 Å². The van der Waals surface area contributed by atoms with Gasteiger partial charge in [-0.05, 0) is 60.7 Å². The standard InChI is InChI=1S/C20H23FN2O3S/c21-17-7-11-19(12-8-17)27(25,26)23-18-9-5-15(6-10-18)13-20(24)22-14-16-3-1-2-4-16/h5-12,16,23H,1-4,13-14H2,(H,22,24). The molecule has 27 heavy (non-hydrogen) atoms. The number of hydrogen-bond donors (Lipinski definition) is 2. The van der Waals surface area contributed by atoms with E-state index >= 15 is 0 Å². The van der Waals surface area contributed by atoms with E-state index < -0.39 is 15.8 Å². The van der Waals surface area contributed by atoms with Crippen LogP contribution in [0.5, 0.6) is 0 Å². The van der Waals surface area contributed by atoms with Gasteiger partial charge in [-0.15, -0.1) is 0 Å². The Morgan fingerprint density at radius 1 is 1.00 bits per heavy atom. The number of amides is 1. The van der Waals surface area contributed by atoms with Crippen molar-refractivity contribution in [2.45, 2.75) is 37.0 Å². The average Bonchev–Trinajstić information content (AvgIpc) is 3.15. The monoisotopic (exact) mass is 390 g/mol. The maximum atomic E-state index is 12.9. The second-order valence-corrected chi connectivity index (χ2v) is 8.57. The van der Waals surface area contributed by atoms with Crippen molar-refractivity contribution in [3.8, 4) is 0 Å². The summed E-state index contributed by atoms with van der Waals surface area (Å²) in [5.74, 6) is 0.0725. The van der Waals surface area contributed by atoms with Gasteiger partial charge in [-0.3, -0.25) is 9.52 Å². The molecule has 0 aliphatic heterocycles. The zero-order chi connectivity index (χ0) is 19.3. The maximum absolute atomic E-state index is 12.9. The topological polar surface area (TPSA) is 75.3 Å². The molecule has 0 saturated heterocycles. The van der Waals surface area contributed by atoms with Crippen molar-refractivity contribution >= 4 is 21.6 Å². The van der Waals surface area contributed by atoms with Crippen LogP contribution in [0.15, 0.2) is 53.4 Å². The highest BCUT2D eigenvalue weighted by Gasteiger charge is 2.16. The van der Waals surface area contributed by atoms with Gasteiger partial charge in [-0.25, -0.2) is 12.8 Å². The smallest absolute Gasteiger partial charge is 0.261 e. The third kappa shape index (κ3) is 5.53. The molecule has 144 valence electrons. The first-order valence-electron chi connectivity index (χ1n) is 9.06. The molecule has 3 rings (SSSR count). The molecule has 0 aromatic heterocycles. The summed E-state index contributed by atoms with van der Waals surface area (Å²) in [6.45, 7) is 0.731. The van der Waals surface area contributed by atoms with Gasteiger partial charge in [0.05, 0.1) is 11.3 Å². The van der Waals surface area contributed by atoms with Gasteiger partial charge in [0, 0.05) is 12.2 Å². The van der Waals surface area contributed by atoms with E-state index in [2.05, 4.69) is 10.0 Å². The normalized spacial score (nSPS) is 14.9. The van der Waals surface area contributed by atoms with Crippen LogP contribution in [0, 0.1) is 11.7 Å². The minimum atomic E-state index is -3.78. The van der Waals surface area contributed by atoms with E-state index in [4.69, 9.17) is 0 Å². The summed E-state index contributed by atoms with van der Waals surface area (Å²) in [4.78, 5) is 12.0. The molecule has 0 heterocycles. The number of hydrogen-bond acceptors (Lipinski definition) is 3. The van der Waals surface area contributed by atoms with Gasteiger partial charge >= 0.3 is 0 Å². The van der Waals surface area contributed by atoms with E-state index in [1.807, 2.05) is 0 Å². The highest BCUT2D eigenvalue weighted by Crippen LogP contribution is 2.23. The van der Waals surface area contributed by atoms with Gasteiger partial charge < -0.3 is 5.32 Å². The molecule has 1 amide bonds. The van der Waals surface area contributed by atoms with Crippen LogP contribution in [0.1, 0.15) is 31.2 Å². The lowest BCUT2D eigenvalue weighted by Crippen LogP contribution is -2.29. The van der Waals surface area contributed by atoms with Gasteiger partial charge in [0.15, 0.2) is 0 Å². The van der Waals surface area contributed by atoms with Crippen molar-refractivity contribution in [1.29, 1.82) is 0 Å². The molecule has 2 aromatic rings. The summed E-state index contributed by atoms with van der Waals surface area (Å²) in [5, 5.41) is 2.97. The van der Waals surface area contributed by atoms with E-state index in [1.165, 1.54) is 37.8 Å². The van der Waals surface area contributed by atoms with Crippen LogP contribution in [-0.2, 0) is 21.2 Å². The van der Waals surface area contributed by atoms with Gasteiger partial charge in [0.2, 0.25) is 5.91 Å². The molecular weight excluding hydrogens is 367 g/mol. The van der Waals surface area contributed by atoms with E-state index in [-0.39, 0.29) is 17.2 Å². The average molecular weight is 390 g/mol. The minimum absolute atomic E-state index is 0.0146. The Balaban J connectivity index is 1.54. The first-order chi connectivity index (χ1) is 12.9. The number of sulfonamides is 1. The Bertz CT molecular complexity index is 874. The summed E-state index contributed by atoms with van der Waals surface area (Å²) >= 11 is 0. The summed E-state index contributed by atoms with van der Waals surface area (Å²) in [7, 11) is -3.78. The minimum Gasteiger partial charge on any atom is -0.356 e. The molecule has 1 aliphatic carbocycles. The van der Waals surface area contributed by atoms with E-state index in [0.29, 0.717) is 11.6 Å². The molecule has 0 bridgehead atoms. The molecule has 0 radical (unpaired) electrons. The summed E-state index contributed by atoms with van der Waals surface area (Å²) in [5.41, 5.74) is 1.19. The number of carbonyl (C=O) groups is 1. The van der Waals surface area contributed by atoms with Crippen LogP contribution in [0.2, 0.25) is 0 Å². The van der Waals surface area contributed by atoms with Crippen LogP contribution in [0.4, 0.5) is 10.1 Å². The molecule has 1 fully saturated rings. The lowest BCUT2D eigenvalue weighted by atomic mass is 10.1. The van der Waals surface area contributed by atoms with E-state index in [9.17, 15) is 17.6 Å². The van der Waals surface area contributed by atoms with Crippen molar-refractivity contribution in [2.75, 3.05) is 11.3 Å². The number of benzene rings is 2. The van der Waals surface area contributed by atoms with Crippen LogP contribution in [0.25, 0.3) is 0 Å². The Morgan fingerprint density at radius 3 is 2.26 bits per heavy atom. The van der Waals surface area contributed by atoms with Crippen molar-refractivity contribution in [3.63, 3.8) is 0 Å². The Kier molecular flexibility index (Phi) is 6.11. The molecular formula is C20H23FN2O3S. The van der Waals surface area contributed by atoms with Crippen molar-refractivity contribution in [1.82, 2.24) is 5.32 Å². The van der Waals surface area contributed by atoms with E-state index in [0.717, 1.165) is 24.2 Å². The first-order valence-corrected chi connectivity index (χ1v) is 10.5. The largest absolute Gasteiger partial charge is 0.356 e. The van der Waals surface area contributed by atoms with Crippen LogP contribution in [0.3, 0.4) is 0 Å². The number of nitrogens with one attached hydrogen (secondary N) is 2. The number of carbonyl (C=O) groups excluding carboxylic acids is 1. The van der Waals surface area contributed by atoms with Crippen LogP contribution < -0.4 is 10.0 Å². The van der Waals surface area contributed by atoms with Gasteiger partial charge in [0.1, 0.15) is 5.82 Å². The molecule has 1 saturated carbocycles. The van der Waals surface area contributed by atoms with Crippen molar-refractivity contribution in [3.05, 3.63) is 59.9 Å². The number of halogens is 1. The second kappa shape index (κ2) is 8.52. The Labute approximate surface area is 159 Å². The second-order valence-electron chi connectivity index (χ2n) is 6.89. The molecule has 0 spiro atoms. The molecule has 2 aromatic carbocycles. The summed E-state index contributed by atoms with van der Waals surface area (Å²) < 4.78 is 40.0. The van der Waals surface area contributed by atoms with Gasteiger partial charge in [-0.1, -0.05) is 25.0 Å². The first kappa shape index (κ1) is 19.4. The lowest BCUT2D eigenvalue weighted by molar-refractivity contribution is -0.120. The van der Waals surface area contributed by atoms with Gasteiger partial charge in [0.25, 0.3) is 10.0 Å². The third-order valence-corrected chi connectivity index (χ3v) is 6.15. The van der Waals surface area contributed by atoms with Gasteiger partial charge in [-0.2, -0.15) is 0 Å². The summed E-state index contributed by atoms with van der Waals surface area (Å²) in [6.07, 6.45) is 5.12. The highest BCUT2D eigenvalue weighted by atomic mass is 32.2. The third-order valence-electron chi connectivity index (χ3n) is 4.76. The predicted molar refractivity (Wildman–Crippen MR) is 102 cm³/mol. The zero-order valence-electron chi connectivity index (χ0n) is 14.9. The molecule has 7 heteroatoms. The molecule has 5 nitrogen and oxygen atoms in total. The van der Waals surface area contributed by atoms with Crippen molar-refractivity contribution in [2.24, 2.45) is 5.92 Å². The Morgan fingerprint density at radius 2 is 1.63 bits per heavy atom. The zero-order valence-corrected chi connectivity index (χ0v) is 15.8. The molecule has 1 aliphatic rings. The SMILES string of the molecule is O=C(Cc1ccc(NS(=O)(=O)c2ccc(F)cc2)cc1)NCC1CCCC1. The molecule has 2 N–H and O–H groups in total. The highest BCUT2D eigenvalue weighted by molar-refractivity contribution is 7.92. The fourth-order valence-corrected chi connectivity index (χ4v) is 4.30. The fraction of sp³-hybridized carbons (Fsp3) is 0.350. The maximum Gasteiger partial charge on any atom is 0.261 e. The fourth-order valence-electron chi connectivity index (χ4n) is 3.24. The van der Waals surface area contributed by atoms with Crippen LogP contribution >= 0.6 is 0 Å². The van der Waals surface area contributed by atoms with Crippen molar-refractivity contribution < 1.29 is 17.6 Å². The number of anilines is 1. The summed E-state index contributed by atoms with van der Waals surface area (Å²) in [6, 6.07) is 11.3. The Hall–Kier alpha value is -2.41. The van der Waals surface area contributed by atoms with E-state index in [1.54, 1.807) is 24.3 Å². The lowest BCUT2D eigenvalue weighted by Gasteiger charge is -2.11. The molecule has 0 unspecified atom stereocenters.